The Morgan fingerprint density at radius 2 is 1.60 bits per heavy atom. The minimum Gasteiger partial charge on any atom is -0.478 e. The van der Waals surface area contributed by atoms with E-state index in [2.05, 4.69) is 60.4 Å². The van der Waals surface area contributed by atoms with Crippen molar-refractivity contribution in [1.82, 2.24) is 19.1 Å². The molecule has 8 heteroatoms. The third-order valence-electron chi connectivity index (χ3n) is 7.53. The second-order valence-electron chi connectivity index (χ2n) is 10.6. The summed E-state index contributed by atoms with van der Waals surface area (Å²) >= 11 is 0. The van der Waals surface area contributed by atoms with E-state index in [4.69, 9.17) is 20.8 Å². The van der Waals surface area contributed by atoms with Gasteiger partial charge in [0.05, 0.1) is 34.2 Å². The number of aromatic nitrogens is 4. The highest BCUT2D eigenvalue weighted by Crippen LogP contribution is 2.31. The molecule has 220 valence electrons. The van der Waals surface area contributed by atoms with Crippen LogP contribution in [0.5, 0.6) is 0 Å². The molecule has 0 aliphatic rings. The van der Waals surface area contributed by atoms with Crippen LogP contribution < -0.4 is 5.73 Å². The van der Waals surface area contributed by atoms with Crippen LogP contribution in [0.4, 0.5) is 0 Å². The van der Waals surface area contributed by atoms with E-state index in [9.17, 15) is 9.90 Å². The van der Waals surface area contributed by atoms with Gasteiger partial charge in [-0.15, -0.1) is 0 Å². The first-order valence-electron chi connectivity index (χ1n) is 14.5. The number of hydrogen-bond donors (Lipinski definition) is 3. The number of imidazole rings is 2. The van der Waals surface area contributed by atoms with Gasteiger partial charge < -0.3 is 25.1 Å². The minimum absolute atomic E-state index is 0.0972. The fraction of sp³-hybridized carbons (Fsp3) is 0.229. The third kappa shape index (κ3) is 6.07. The fourth-order valence-electron chi connectivity index (χ4n) is 5.46. The maximum Gasteiger partial charge on any atom is 0.336 e. The Labute approximate surface area is 251 Å². The van der Waals surface area contributed by atoms with Gasteiger partial charge in [-0.2, -0.15) is 0 Å². The van der Waals surface area contributed by atoms with E-state index in [1.54, 1.807) is 12.1 Å². The van der Waals surface area contributed by atoms with Crippen molar-refractivity contribution in [2.24, 2.45) is 12.8 Å². The molecular formula is C35H37N5O3. The summed E-state index contributed by atoms with van der Waals surface area (Å²) in [7, 11) is 2.06. The van der Waals surface area contributed by atoms with Gasteiger partial charge in [0.2, 0.25) is 0 Å². The summed E-state index contributed by atoms with van der Waals surface area (Å²) in [5.41, 5.74) is 14.2. The van der Waals surface area contributed by atoms with E-state index >= 15 is 0 Å². The van der Waals surface area contributed by atoms with Gasteiger partial charge in [-0.25, -0.2) is 14.8 Å². The van der Waals surface area contributed by atoms with Gasteiger partial charge in [-0.1, -0.05) is 61.5 Å². The Kier molecular flexibility index (Phi) is 8.99. The van der Waals surface area contributed by atoms with E-state index in [0.717, 1.165) is 74.4 Å². The Morgan fingerprint density at radius 1 is 0.907 bits per heavy atom. The summed E-state index contributed by atoms with van der Waals surface area (Å²) in [5.74, 6) is 1.08. The maximum absolute atomic E-state index is 11.7. The molecule has 0 saturated heterocycles. The predicted octanol–water partition coefficient (Wildman–Crippen LogP) is 6.20. The highest BCUT2D eigenvalue weighted by molar-refractivity contribution is 5.96. The molecule has 8 nitrogen and oxygen atoms in total. The molecule has 4 N–H and O–H groups in total. The lowest BCUT2D eigenvalue weighted by Gasteiger charge is -2.12. The topological polar surface area (TPSA) is 119 Å². The zero-order chi connectivity index (χ0) is 30.5. The number of aliphatic hydroxyl groups is 1. The molecule has 0 amide bonds. The quantitative estimate of drug-likeness (QED) is 0.199. The fourth-order valence-corrected chi connectivity index (χ4v) is 5.46. The molecule has 0 saturated carbocycles. The number of para-hydroxylation sites is 2. The molecule has 0 aliphatic heterocycles. The summed E-state index contributed by atoms with van der Waals surface area (Å²) in [5, 5.41) is 17.4. The van der Waals surface area contributed by atoms with E-state index in [1.165, 1.54) is 0 Å². The van der Waals surface area contributed by atoms with E-state index < -0.39 is 5.97 Å². The second kappa shape index (κ2) is 13.0. The molecule has 2 heterocycles. The molecule has 0 unspecified atom stereocenters. The molecule has 0 bridgehead atoms. The number of hydrogen-bond acceptors (Lipinski definition) is 5. The molecule has 0 atom stereocenters. The Balaban J connectivity index is 0.000000868. The van der Waals surface area contributed by atoms with E-state index in [0.29, 0.717) is 18.7 Å². The molecule has 0 aliphatic carbocycles. The van der Waals surface area contributed by atoms with Gasteiger partial charge >= 0.3 is 5.97 Å². The monoisotopic (exact) mass is 575 g/mol. The first-order chi connectivity index (χ1) is 20.9. The summed E-state index contributed by atoms with van der Waals surface area (Å²) < 4.78 is 4.47. The van der Waals surface area contributed by atoms with E-state index in [1.807, 2.05) is 42.5 Å². The number of aliphatic hydroxyl groups excluding tert-OH is 1. The number of aromatic carboxylic acids is 1. The van der Waals surface area contributed by atoms with Crippen LogP contribution in [0.25, 0.3) is 44.6 Å². The highest BCUT2D eigenvalue weighted by Gasteiger charge is 2.17. The Morgan fingerprint density at radius 3 is 2.28 bits per heavy atom. The molecule has 0 fully saturated rings. The van der Waals surface area contributed by atoms with Gasteiger partial charge in [-0.05, 0) is 65.9 Å². The van der Waals surface area contributed by atoms with Crippen LogP contribution in [-0.4, -0.2) is 48.4 Å². The van der Waals surface area contributed by atoms with Crippen LogP contribution in [0.15, 0.2) is 84.9 Å². The molecule has 43 heavy (non-hydrogen) atoms. The van der Waals surface area contributed by atoms with Gasteiger partial charge in [0.15, 0.2) is 0 Å². The largest absolute Gasteiger partial charge is 0.478 e. The number of carboxylic acid groups (broad SMARTS) is 1. The molecule has 0 radical (unpaired) electrons. The van der Waals surface area contributed by atoms with Crippen molar-refractivity contribution >= 4 is 28.0 Å². The lowest BCUT2D eigenvalue weighted by atomic mass is 9.98. The average molecular weight is 576 g/mol. The van der Waals surface area contributed by atoms with Gasteiger partial charge in [0, 0.05) is 32.1 Å². The third-order valence-corrected chi connectivity index (χ3v) is 7.53. The van der Waals surface area contributed by atoms with Crippen molar-refractivity contribution in [3.63, 3.8) is 0 Å². The van der Waals surface area contributed by atoms with Gasteiger partial charge in [-0.3, -0.25) is 0 Å². The van der Waals surface area contributed by atoms with Crippen molar-refractivity contribution in [3.8, 4) is 22.5 Å². The lowest BCUT2D eigenvalue weighted by Crippen LogP contribution is -2.05. The average Bonchev–Trinajstić information content (AvgIpc) is 3.55. The van der Waals surface area contributed by atoms with E-state index in [-0.39, 0.29) is 6.61 Å². The SMILES string of the molecule is CCCc1nc2c(C)cc(-c3nc4ccccc4n3C)cc2n1Cc1ccc(-c2ccccc2C(=O)O)cc1.NCCO. The molecule has 0 spiro atoms. The lowest BCUT2D eigenvalue weighted by molar-refractivity contribution is 0.0697. The number of aryl methyl sites for hydroxylation is 3. The predicted molar refractivity (Wildman–Crippen MR) is 172 cm³/mol. The highest BCUT2D eigenvalue weighted by atomic mass is 16.4. The number of fused-ring (bicyclic) bond motifs is 2. The molecular weight excluding hydrogens is 538 g/mol. The number of nitrogens with zero attached hydrogens (tertiary/aromatic N) is 4. The van der Waals surface area contributed by atoms with Crippen molar-refractivity contribution in [1.29, 1.82) is 0 Å². The standard InChI is InChI=1S/C33H30N4O2.C2H7NO/c1-4-9-30-35-31-21(2)18-24(32-34-27-12-7-8-13-28(27)36(32)3)19-29(31)37(30)20-22-14-16-23(17-15-22)25-10-5-6-11-26(25)33(38)39;3-1-2-4/h5-8,10-19H,4,9,20H2,1-3H3,(H,38,39);4H,1-3H2. The van der Waals surface area contributed by atoms with Crippen LogP contribution in [0.3, 0.4) is 0 Å². The summed E-state index contributed by atoms with van der Waals surface area (Å²) in [6, 6.07) is 27.9. The first-order valence-corrected chi connectivity index (χ1v) is 14.5. The minimum atomic E-state index is -0.921. The number of benzene rings is 4. The second-order valence-corrected chi connectivity index (χ2v) is 10.6. The number of nitrogens with two attached hydrogens (primary N) is 1. The number of carboxylic acids is 1. The van der Waals surface area contributed by atoms with Crippen molar-refractivity contribution in [2.45, 2.75) is 33.2 Å². The number of carbonyl (C=O) groups is 1. The van der Waals surface area contributed by atoms with Crippen LogP contribution in [0.2, 0.25) is 0 Å². The van der Waals surface area contributed by atoms with Crippen LogP contribution in [0, 0.1) is 6.92 Å². The van der Waals surface area contributed by atoms with Gasteiger partial charge in [0.1, 0.15) is 11.6 Å². The molecule has 2 aromatic heterocycles. The molecule has 4 aromatic carbocycles. The number of rotatable bonds is 8. The summed E-state index contributed by atoms with van der Waals surface area (Å²) in [6.07, 6.45) is 1.89. The Hall–Kier alpha value is -4.79. The summed E-state index contributed by atoms with van der Waals surface area (Å²) in [4.78, 5) is 21.7. The first kappa shape index (κ1) is 29.7. The van der Waals surface area contributed by atoms with Crippen LogP contribution in [0.1, 0.15) is 40.7 Å². The smallest absolute Gasteiger partial charge is 0.336 e. The maximum atomic E-state index is 11.7. The van der Waals surface area contributed by atoms with Gasteiger partial charge in [0.25, 0.3) is 0 Å². The zero-order valence-corrected chi connectivity index (χ0v) is 24.8. The van der Waals surface area contributed by atoms with Crippen molar-refractivity contribution in [3.05, 3.63) is 107 Å². The van der Waals surface area contributed by atoms with Crippen molar-refractivity contribution < 1.29 is 15.0 Å². The van der Waals surface area contributed by atoms with Crippen LogP contribution in [-0.2, 0) is 20.0 Å². The normalized spacial score (nSPS) is 11.1. The Bertz CT molecular complexity index is 1880. The molecule has 6 rings (SSSR count). The van der Waals surface area contributed by atoms with Crippen molar-refractivity contribution in [2.75, 3.05) is 13.2 Å². The molecule has 6 aromatic rings. The zero-order valence-electron chi connectivity index (χ0n) is 24.8. The summed E-state index contributed by atoms with van der Waals surface area (Å²) in [6.45, 7) is 5.45. The van der Waals surface area contributed by atoms with Crippen LogP contribution >= 0.6 is 0 Å².